The van der Waals surface area contributed by atoms with Gasteiger partial charge in [0.2, 0.25) is 0 Å². The zero-order valence-electron chi connectivity index (χ0n) is 27.1. The molecule has 0 saturated carbocycles. The van der Waals surface area contributed by atoms with Gasteiger partial charge in [0, 0.05) is 6.42 Å². The fourth-order valence-corrected chi connectivity index (χ4v) is 5.51. The van der Waals surface area contributed by atoms with Crippen LogP contribution in [0.2, 0.25) is 0 Å². The molecule has 0 fully saturated rings. The summed E-state index contributed by atoms with van der Waals surface area (Å²) in [5, 5.41) is 20.7. The van der Waals surface area contributed by atoms with Gasteiger partial charge in [0.15, 0.2) is 5.78 Å². The van der Waals surface area contributed by atoms with Crippen LogP contribution in [0.15, 0.2) is 12.2 Å². The van der Waals surface area contributed by atoms with E-state index >= 15 is 0 Å². The fourth-order valence-electron chi connectivity index (χ4n) is 5.51. The number of hydrogen-bond acceptors (Lipinski definition) is 4. The number of hydrogen-bond donors (Lipinski definition) is 3. The summed E-state index contributed by atoms with van der Waals surface area (Å²) in [5.74, 6) is -0.213. The van der Waals surface area contributed by atoms with Crippen molar-refractivity contribution < 1.29 is 15.0 Å². The third-order valence-electron chi connectivity index (χ3n) is 8.43. The SMILES string of the molecule is CCCCCCCC/C=C\CCCCCCCC(=O)C(O)C(N)C(O)CCCCCCCCCCCCCCC. The highest BCUT2D eigenvalue weighted by Gasteiger charge is 2.27. The molecule has 0 spiro atoms. The standard InChI is InChI=1S/C36H71NO3/c1-3-5-7-9-11-13-15-17-18-20-22-24-26-28-30-32-34(39)36(40)35(37)33(38)31-29-27-25-23-21-19-16-14-12-10-8-6-4-2/h17-18,33,35-36,38,40H,3-16,19-32,37H2,1-2H3/b18-17-. The molecule has 0 aliphatic heterocycles. The van der Waals surface area contributed by atoms with Gasteiger partial charge in [-0.1, -0.05) is 161 Å². The molecule has 3 unspecified atom stereocenters. The van der Waals surface area contributed by atoms with E-state index in [9.17, 15) is 15.0 Å². The Morgan fingerprint density at radius 1 is 0.550 bits per heavy atom. The molecule has 0 saturated heterocycles. The van der Waals surface area contributed by atoms with Crippen LogP contribution in [0.25, 0.3) is 0 Å². The van der Waals surface area contributed by atoms with Gasteiger partial charge in [-0.15, -0.1) is 0 Å². The van der Waals surface area contributed by atoms with Crippen molar-refractivity contribution in [1.82, 2.24) is 0 Å². The number of aliphatic hydroxyl groups is 2. The summed E-state index contributed by atoms with van der Waals surface area (Å²) >= 11 is 0. The van der Waals surface area contributed by atoms with Gasteiger partial charge < -0.3 is 15.9 Å². The van der Waals surface area contributed by atoms with Crippen LogP contribution in [-0.2, 0) is 4.79 Å². The maximum Gasteiger partial charge on any atom is 0.162 e. The van der Waals surface area contributed by atoms with Crippen molar-refractivity contribution in [2.24, 2.45) is 5.73 Å². The molecule has 4 heteroatoms. The van der Waals surface area contributed by atoms with Crippen LogP contribution < -0.4 is 5.73 Å². The van der Waals surface area contributed by atoms with Crippen LogP contribution in [0, 0.1) is 0 Å². The summed E-state index contributed by atoms with van der Waals surface area (Å²) in [7, 11) is 0. The highest BCUT2D eigenvalue weighted by atomic mass is 16.3. The minimum atomic E-state index is -1.24. The molecule has 238 valence electrons. The van der Waals surface area contributed by atoms with E-state index in [4.69, 9.17) is 5.73 Å². The Labute approximate surface area is 250 Å². The van der Waals surface area contributed by atoms with E-state index in [1.807, 2.05) is 0 Å². The first-order valence-electron chi connectivity index (χ1n) is 17.8. The van der Waals surface area contributed by atoms with E-state index in [0.29, 0.717) is 12.8 Å². The minimum absolute atomic E-state index is 0.213. The Morgan fingerprint density at radius 3 is 1.32 bits per heavy atom. The lowest BCUT2D eigenvalue weighted by molar-refractivity contribution is -0.129. The highest BCUT2D eigenvalue weighted by Crippen LogP contribution is 2.16. The Hall–Kier alpha value is -0.710. The number of aliphatic hydroxyl groups excluding tert-OH is 2. The molecule has 4 N–H and O–H groups in total. The van der Waals surface area contributed by atoms with E-state index in [0.717, 1.165) is 38.5 Å². The van der Waals surface area contributed by atoms with Crippen LogP contribution in [0.5, 0.6) is 0 Å². The van der Waals surface area contributed by atoms with Crippen molar-refractivity contribution in [3.8, 4) is 0 Å². The van der Waals surface area contributed by atoms with Gasteiger partial charge in [0.25, 0.3) is 0 Å². The van der Waals surface area contributed by atoms with Crippen LogP contribution in [0.3, 0.4) is 0 Å². The van der Waals surface area contributed by atoms with Crippen molar-refractivity contribution in [3.05, 3.63) is 12.2 Å². The van der Waals surface area contributed by atoms with E-state index in [1.165, 1.54) is 128 Å². The quantitative estimate of drug-likeness (QED) is 0.0559. The molecule has 0 aliphatic rings. The molecular formula is C36H71NO3. The molecular weight excluding hydrogens is 494 g/mol. The lowest BCUT2D eigenvalue weighted by atomic mass is 9.95. The number of unbranched alkanes of at least 4 members (excludes halogenated alkanes) is 23. The van der Waals surface area contributed by atoms with Gasteiger partial charge in [-0.2, -0.15) is 0 Å². The first kappa shape index (κ1) is 39.3. The average Bonchev–Trinajstić information content (AvgIpc) is 2.96. The fraction of sp³-hybridized carbons (Fsp3) is 0.917. The monoisotopic (exact) mass is 566 g/mol. The number of carbonyl (C=O) groups excluding carboxylic acids is 1. The predicted octanol–water partition coefficient (Wildman–Crippen LogP) is 10.1. The second-order valence-electron chi connectivity index (χ2n) is 12.4. The molecule has 4 nitrogen and oxygen atoms in total. The number of rotatable bonds is 32. The lowest BCUT2D eigenvalue weighted by Gasteiger charge is -2.23. The Balaban J connectivity index is 3.60. The second kappa shape index (κ2) is 31.2. The molecule has 0 aliphatic carbocycles. The largest absolute Gasteiger partial charge is 0.391 e. The molecule has 40 heavy (non-hydrogen) atoms. The van der Waals surface area contributed by atoms with Gasteiger partial charge in [0.05, 0.1) is 12.1 Å². The molecule has 0 radical (unpaired) electrons. The number of ketones is 1. The lowest BCUT2D eigenvalue weighted by Crippen LogP contribution is -2.48. The molecule has 0 heterocycles. The van der Waals surface area contributed by atoms with Gasteiger partial charge >= 0.3 is 0 Å². The normalized spacial score (nSPS) is 14.1. The van der Waals surface area contributed by atoms with Crippen LogP contribution in [-0.4, -0.2) is 34.2 Å². The maximum absolute atomic E-state index is 12.4. The van der Waals surface area contributed by atoms with Crippen LogP contribution in [0.4, 0.5) is 0 Å². The first-order chi connectivity index (χ1) is 19.5. The Bertz CT molecular complexity index is 550. The molecule has 0 aromatic carbocycles. The van der Waals surface area contributed by atoms with E-state index in [-0.39, 0.29) is 5.78 Å². The third-order valence-corrected chi connectivity index (χ3v) is 8.43. The van der Waals surface area contributed by atoms with Gasteiger partial charge in [-0.05, 0) is 38.5 Å². The molecule has 0 aromatic rings. The maximum atomic E-state index is 12.4. The molecule has 0 aromatic heterocycles. The highest BCUT2D eigenvalue weighted by molar-refractivity contribution is 5.83. The summed E-state index contributed by atoms with van der Waals surface area (Å²) in [5.41, 5.74) is 6.04. The molecule has 0 amide bonds. The van der Waals surface area contributed by atoms with E-state index in [2.05, 4.69) is 26.0 Å². The summed E-state index contributed by atoms with van der Waals surface area (Å²) < 4.78 is 0. The summed E-state index contributed by atoms with van der Waals surface area (Å²) in [4.78, 5) is 12.4. The number of carbonyl (C=O) groups is 1. The Kier molecular flexibility index (Phi) is 30.7. The van der Waals surface area contributed by atoms with Gasteiger partial charge in [-0.3, -0.25) is 4.79 Å². The van der Waals surface area contributed by atoms with Crippen molar-refractivity contribution in [1.29, 1.82) is 0 Å². The zero-order chi connectivity index (χ0) is 29.5. The second-order valence-corrected chi connectivity index (χ2v) is 12.4. The van der Waals surface area contributed by atoms with Gasteiger partial charge in [0.1, 0.15) is 6.10 Å². The summed E-state index contributed by atoms with van der Waals surface area (Å²) in [6.45, 7) is 4.53. The predicted molar refractivity (Wildman–Crippen MR) is 175 cm³/mol. The van der Waals surface area contributed by atoms with Gasteiger partial charge in [-0.25, -0.2) is 0 Å². The third kappa shape index (κ3) is 26.2. The smallest absolute Gasteiger partial charge is 0.162 e. The molecule has 3 atom stereocenters. The van der Waals surface area contributed by atoms with E-state index in [1.54, 1.807) is 0 Å². The topological polar surface area (TPSA) is 83.5 Å². The van der Waals surface area contributed by atoms with Crippen molar-refractivity contribution in [2.45, 2.75) is 212 Å². The average molecular weight is 566 g/mol. The van der Waals surface area contributed by atoms with E-state index < -0.39 is 18.2 Å². The van der Waals surface area contributed by atoms with Crippen molar-refractivity contribution in [3.63, 3.8) is 0 Å². The minimum Gasteiger partial charge on any atom is -0.391 e. The van der Waals surface area contributed by atoms with Crippen LogP contribution >= 0.6 is 0 Å². The van der Waals surface area contributed by atoms with Crippen LogP contribution in [0.1, 0.15) is 194 Å². The Morgan fingerprint density at radius 2 is 0.900 bits per heavy atom. The summed E-state index contributed by atoms with van der Waals surface area (Å²) in [6, 6.07) is -0.868. The number of allylic oxidation sites excluding steroid dienone is 2. The zero-order valence-corrected chi connectivity index (χ0v) is 27.1. The first-order valence-corrected chi connectivity index (χ1v) is 17.8. The summed E-state index contributed by atoms with van der Waals surface area (Å²) in [6.07, 6.45) is 36.1. The molecule has 0 bridgehead atoms. The number of Topliss-reactive ketones (excluding diaryl/α,β-unsaturated/α-hetero) is 1. The number of nitrogens with two attached hydrogens (primary N) is 1. The van der Waals surface area contributed by atoms with Crippen molar-refractivity contribution in [2.75, 3.05) is 0 Å². The molecule has 0 rings (SSSR count). The van der Waals surface area contributed by atoms with Crippen molar-refractivity contribution >= 4 is 5.78 Å².